The second-order valence-corrected chi connectivity index (χ2v) is 6.22. The van der Waals surface area contributed by atoms with Crippen molar-refractivity contribution in [3.63, 3.8) is 0 Å². The van der Waals surface area contributed by atoms with Gasteiger partial charge in [-0.1, -0.05) is 0 Å². The Labute approximate surface area is 154 Å². The second kappa shape index (κ2) is 8.07. The highest BCUT2D eigenvalue weighted by molar-refractivity contribution is 7.80. The van der Waals surface area contributed by atoms with Crippen LogP contribution in [0.1, 0.15) is 0 Å². The number of piperazine rings is 1. The van der Waals surface area contributed by atoms with Crippen molar-refractivity contribution in [2.45, 2.75) is 0 Å². The second-order valence-electron chi connectivity index (χ2n) is 5.83. The monoisotopic (exact) mass is 357 g/mol. The summed E-state index contributed by atoms with van der Waals surface area (Å²) in [5, 5.41) is 4.06. The van der Waals surface area contributed by atoms with E-state index in [1.165, 1.54) is 5.69 Å². The smallest absolute Gasteiger partial charge is 0.173 e. The van der Waals surface area contributed by atoms with Gasteiger partial charge in [-0.3, -0.25) is 0 Å². The number of thiocarbonyl (C=S) groups is 1. The number of nitrogens with one attached hydrogen (secondary N) is 1. The molecule has 0 aliphatic carbocycles. The van der Waals surface area contributed by atoms with Gasteiger partial charge in [0.2, 0.25) is 0 Å². The van der Waals surface area contributed by atoms with Crippen LogP contribution in [-0.2, 0) is 0 Å². The Kier molecular flexibility index (Phi) is 5.60. The van der Waals surface area contributed by atoms with Crippen molar-refractivity contribution in [3.8, 4) is 11.5 Å². The third-order valence-corrected chi connectivity index (χ3v) is 4.71. The zero-order valence-electron chi connectivity index (χ0n) is 14.6. The quantitative estimate of drug-likeness (QED) is 0.847. The number of hydrogen-bond donors (Lipinski definition) is 1. The van der Waals surface area contributed by atoms with E-state index in [1.54, 1.807) is 14.2 Å². The lowest BCUT2D eigenvalue weighted by atomic mass is 10.2. The number of hydrogen-bond acceptors (Lipinski definition) is 4. The van der Waals surface area contributed by atoms with E-state index >= 15 is 0 Å². The molecule has 1 aliphatic rings. The number of benzene rings is 2. The summed E-state index contributed by atoms with van der Waals surface area (Å²) in [6, 6.07) is 16.0. The Morgan fingerprint density at radius 3 is 1.88 bits per heavy atom. The summed E-state index contributed by atoms with van der Waals surface area (Å²) < 4.78 is 10.4. The lowest BCUT2D eigenvalue weighted by Crippen LogP contribution is -2.50. The first kappa shape index (κ1) is 17.4. The summed E-state index contributed by atoms with van der Waals surface area (Å²) in [4.78, 5) is 4.57. The topological polar surface area (TPSA) is 37.0 Å². The van der Waals surface area contributed by atoms with Crippen LogP contribution in [0.3, 0.4) is 0 Å². The first-order chi connectivity index (χ1) is 12.2. The van der Waals surface area contributed by atoms with Gasteiger partial charge in [0.15, 0.2) is 5.11 Å². The van der Waals surface area contributed by atoms with Crippen molar-refractivity contribution in [2.75, 3.05) is 50.6 Å². The molecular formula is C19H23N3O2S. The molecule has 0 aromatic heterocycles. The molecule has 0 amide bonds. The summed E-state index contributed by atoms with van der Waals surface area (Å²) in [7, 11) is 3.35. The molecule has 2 aromatic rings. The van der Waals surface area contributed by atoms with E-state index in [4.69, 9.17) is 21.7 Å². The van der Waals surface area contributed by atoms with Gasteiger partial charge in [0.05, 0.1) is 14.2 Å². The molecule has 0 atom stereocenters. The lowest BCUT2D eigenvalue weighted by molar-refractivity contribution is 0.390. The molecule has 1 saturated heterocycles. The van der Waals surface area contributed by atoms with Crippen LogP contribution in [0.15, 0.2) is 48.5 Å². The van der Waals surface area contributed by atoms with Gasteiger partial charge in [0.1, 0.15) is 11.5 Å². The lowest BCUT2D eigenvalue weighted by Gasteiger charge is -2.37. The van der Waals surface area contributed by atoms with Crippen molar-refractivity contribution in [2.24, 2.45) is 0 Å². The average Bonchev–Trinajstić information content (AvgIpc) is 2.69. The third kappa shape index (κ3) is 4.33. The maximum atomic E-state index is 5.55. The van der Waals surface area contributed by atoms with Gasteiger partial charge in [-0.15, -0.1) is 0 Å². The van der Waals surface area contributed by atoms with Gasteiger partial charge in [-0.05, 0) is 60.7 Å². The van der Waals surface area contributed by atoms with Gasteiger partial charge in [-0.2, -0.15) is 0 Å². The zero-order valence-corrected chi connectivity index (χ0v) is 15.4. The molecule has 2 aromatic carbocycles. The SMILES string of the molecule is COc1ccc(NC(=S)N2CCN(c3ccc(OC)cc3)CC2)cc1. The molecule has 1 N–H and O–H groups in total. The molecule has 0 spiro atoms. The van der Waals surface area contributed by atoms with Crippen LogP contribution in [0.2, 0.25) is 0 Å². The summed E-state index contributed by atoms with van der Waals surface area (Å²) in [6.45, 7) is 3.68. The van der Waals surface area contributed by atoms with E-state index in [0.717, 1.165) is 48.5 Å². The summed E-state index contributed by atoms with van der Waals surface area (Å²) >= 11 is 5.55. The largest absolute Gasteiger partial charge is 0.497 e. The molecule has 0 radical (unpaired) electrons. The third-order valence-electron chi connectivity index (χ3n) is 4.35. The molecule has 1 fully saturated rings. The van der Waals surface area contributed by atoms with Crippen LogP contribution in [0.25, 0.3) is 0 Å². The minimum atomic E-state index is 0.763. The zero-order chi connectivity index (χ0) is 17.6. The van der Waals surface area contributed by atoms with Crippen molar-refractivity contribution in [3.05, 3.63) is 48.5 Å². The minimum Gasteiger partial charge on any atom is -0.497 e. The molecule has 0 unspecified atom stereocenters. The number of anilines is 2. The molecular weight excluding hydrogens is 334 g/mol. The van der Waals surface area contributed by atoms with E-state index in [0.29, 0.717) is 0 Å². The van der Waals surface area contributed by atoms with Crippen LogP contribution in [-0.4, -0.2) is 50.4 Å². The molecule has 1 heterocycles. The Morgan fingerprint density at radius 2 is 1.36 bits per heavy atom. The van der Waals surface area contributed by atoms with E-state index in [1.807, 2.05) is 36.4 Å². The fourth-order valence-electron chi connectivity index (χ4n) is 2.84. The standard InChI is InChI=1S/C19H23N3O2S/c1-23-17-7-3-15(4-8-17)20-19(25)22-13-11-21(12-14-22)16-5-9-18(24-2)10-6-16/h3-10H,11-14H2,1-2H3,(H,20,25). The van der Waals surface area contributed by atoms with Crippen LogP contribution in [0.5, 0.6) is 11.5 Å². The highest BCUT2D eigenvalue weighted by Crippen LogP contribution is 2.21. The Bertz CT molecular complexity index is 696. The molecule has 5 nitrogen and oxygen atoms in total. The van der Waals surface area contributed by atoms with Crippen molar-refractivity contribution < 1.29 is 9.47 Å². The van der Waals surface area contributed by atoms with Gasteiger partial charge in [0, 0.05) is 37.6 Å². The molecule has 25 heavy (non-hydrogen) atoms. The first-order valence-corrected chi connectivity index (χ1v) is 8.69. The van der Waals surface area contributed by atoms with Crippen molar-refractivity contribution in [1.29, 1.82) is 0 Å². The van der Waals surface area contributed by atoms with Gasteiger partial charge >= 0.3 is 0 Å². The molecule has 1 aliphatic heterocycles. The summed E-state index contributed by atoms with van der Waals surface area (Å²) in [5.74, 6) is 1.72. The van der Waals surface area contributed by atoms with Crippen LogP contribution < -0.4 is 19.7 Å². The van der Waals surface area contributed by atoms with Gasteiger partial charge in [0.25, 0.3) is 0 Å². The fourth-order valence-corrected chi connectivity index (χ4v) is 3.14. The van der Waals surface area contributed by atoms with Crippen LogP contribution >= 0.6 is 12.2 Å². The van der Waals surface area contributed by atoms with E-state index < -0.39 is 0 Å². The van der Waals surface area contributed by atoms with Gasteiger partial charge in [-0.25, -0.2) is 0 Å². The van der Waals surface area contributed by atoms with E-state index in [2.05, 4.69) is 27.2 Å². The summed E-state index contributed by atoms with van der Waals surface area (Å²) in [5.41, 5.74) is 2.19. The Hall–Kier alpha value is -2.47. The number of methoxy groups -OCH3 is 2. The predicted molar refractivity (Wildman–Crippen MR) is 106 cm³/mol. The molecule has 3 rings (SSSR count). The molecule has 132 valence electrons. The number of ether oxygens (including phenoxy) is 2. The van der Waals surface area contributed by atoms with Crippen molar-refractivity contribution >= 4 is 28.7 Å². The average molecular weight is 357 g/mol. The maximum Gasteiger partial charge on any atom is 0.173 e. The maximum absolute atomic E-state index is 5.55. The minimum absolute atomic E-state index is 0.763. The Morgan fingerprint density at radius 1 is 0.840 bits per heavy atom. The molecule has 6 heteroatoms. The summed E-state index contributed by atoms with van der Waals surface area (Å²) in [6.07, 6.45) is 0. The molecule has 0 bridgehead atoms. The van der Waals surface area contributed by atoms with E-state index in [-0.39, 0.29) is 0 Å². The highest BCUT2D eigenvalue weighted by Gasteiger charge is 2.19. The number of rotatable bonds is 4. The Balaban J connectivity index is 1.52. The normalized spacial score (nSPS) is 14.2. The van der Waals surface area contributed by atoms with Crippen molar-refractivity contribution in [1.82, 2.24) is 4.90 Å². The number of nitrogens with zero attached hydrogens (tertiary/aromatic N) is 2. The predicted octanol–water partition coefficient (Wildman–Crippen LogP) is 3.22. The first-order valence-electron chi connectivity index (χ1n) is 8.28. The van der Waals surface area contributed by atoms with Crippen LogP contribution in [0.4, 0.5) is 11.4 Å². The fraction of sp³-hybridized carbons (Fsp3) is 0.316. The molecule has 0 saturated carbocycles. The van der Waals surface area contributed by atoms with E-state index in [9.17, 15) is 0 Å². The van der Waals surface area contributed by atoms with Crippen LogP contribution in [0, 0.1) is 0 Å². The highest BCUT2D eigenvalue weighted by atomic mass is 32.1. The van der Waals surface area contributed by atoms with Gasteiger partial charge < -0.3 is 24.6 Å².